The van der Waals surface area contributed by atoms with Crippen molar-refractivity contribution in [3.63, 3.8) is 0 Å². The SMILES string of the molecule is Cc1ccc(CC(=O)NCc2ccc(CN3CCOCC3)cc2)c(C)c1. The van der Waals surface area contributed by atoms with Crippen LogP contribution in [-0.4, -0.2) is 37.1 Å². The number of carbonyl (C=O) groups excluding carboxylic acids is 1. The predicted octanol–water partition coefficient (Wildman–Crippen LogP) is 2.99. The molecule has 2 aromatic rings. The van der Waals surface area contributed by atoms with Crippen LogP contribution in [0.25, 0.3) is 0 Å². The van der Waals surface area contributed by atoms with E-state index in [1.165, 1.54) is 16.7 Å². The average Bonchev–Trinajstić information content (AvgIpc) is 2.64. The summed E-state index contributed by atoms with van der Waals surface area (Å²) in [5.74, 6) is 0.0642. The minimum atomic E-state index is 0.0642. The van der Waals surface area contributed by atoms with Crippen LogP contribution in [0.5, 0.6) is 0 Å². The Morgan fingerprint density at radius 2 is 1.73 bits per heavy atom. The monoisotopic (exact) mass is 352 g/mol. The molecule has 0 spiro atoms. The van der Waals surface area contributed by atoms with Crippen molar-refractivity contribution in [2.45, 2.75) is 33.4 Å². The highest BCUT2D eigenvalue weighted by atomic mass is 16.5. The largest absolute Gasteiger partial charge is 0.379 e. The lowest BCUT2D eigenvalue weighted by Crippen LogP contribution is -2.35. The van der Waals surface area contributed by atoms with Gasteiger partial charge in [0, 0.05) is 26.2 Å². The Morgan fingerprint density at radius 1 is 1.04 bits per heavy atom. The summed E-state index contributed by atoms with van der Waals surface area (Å²) < 4.78 is 5.38. The number of nitrogens with one attached hydrogen (secondary N) is 1. The van der Waals surface area contributed by atoms with Crippen molar-refractivity contribution in [2.24, 2.45) is 0 Å². The van der Waals surface area contributed by atoms with Crippen molar-refractivity contribution in [3.05, 3.63) is 70.3 Å². The quantitative estimate of drug-likeness (QED) is 0.869. The van der Waals surface area contributed by atoms with Crippen LogP contribution in [-0.2, 0) is 29.0 Å². The zero-order valence-electron chi connectivity index (χ0n) is 15.8. The maximum Gasteiger partial charge on any atom is 0.224 e. The lowest BCUT2D eigenvalue weighted by atomic mass is 10.0. The number of morpholine rings is 1. The van der Waals surface area contributed by atoms with Crippen molar-refractivity contribution in [3.8, 4) is 0 Å². The van der Waals surface area contributed by atoms with E-state index in [2.05, 4.69) is 60.5 Å². The summed E-state index contributed by atoms with van der Waals surface area (Å²) in [5, 5.41) is 3.02. The fourth-order valence-corrected chi connectivity index (χ4v) is 3.26. The molecule has 0 aromatic heterocycles. The summed E-state index contributed by atoms with van der Waals surface area (Å²) in [6.45, 7) is 9.30. The van der Waals surface area contributed by atoms with Crippen molar-refractivity contribution in [1.29, 1.82) is 0 Å². The summed E-state index contributed by atoms with van der Waals surface area (Å²) in [7, 11) is 0. The van der Waals surface area contributed by atoms with Gasteiger partial charge in [-0.15, -0.1) is 0 Å². The fourth-order valence-electron chi connectivity index (χ4n) is 3.26. The second-order valence-electron chi connectivity index (χ2n) is 7.09. The maximum absolute atomic E-state index is 12.2. The Hall–Kier alpha value is -2.17. The average molecular weight is 352 g/mol. The van der Waals surface area contributed by atoms with Crippen molar-refractivity contribution in [1.82, 2.24) is 10.2 Å². The van der Waals surface area contributed by atoms with Crippen LogP contribution in [0, 0.1) is 13.8 Å². The number of hydrogen-bond donors (Lipinski definition) is 1. The minimum absolute atomic E-state index is 0.0642. The van der Waals surface area contributed by atoms with Crippen molar-refractivity contribution in [2.75, 3.05) is 26.3 Å². The van der Waals surface area contributed by atoms with Gasteiger partial charge in [0.2, 0.25) is 5.91 Å². The standard InChI is InChI=1S/C22H28N2O2/c1-17-3-8-21(18(2)13-17)14-22(25)23-15-19-4-6-20(7-5-19)16-24-9-11-26-12-10-24/h3-8,13H,9-12,14-16H2,1-2H3,(H,23,25). The number of nitrogens with zero attached hydrogens (tertiary/aromatic N) is 1. The minimum Gasteiger partial charge on any atom is -0.379 e. The van der Waals surface area contributed by atoms with Gasteiger partial charge in [-0.1, -0.05) is 48.0 Å². The molecule has 2 aromatic carbocycles. The van der Waals surface area contributed by atoms with Gasteiger partial charge in [-0.3, -0.25) is 9.69 Å². The van der Waals surface area contributed by atoms with E-state index in [1.807, 2.05) is 6.07 Å². The Bertz CT molecular complexity index is 734. The first-order valence-electron chi connectivity index (χ1n) is 9.31. The molecule has 138 valence electrons. The van der Waals surface area contributed by atoms with E-state index >= 15 is 0 Å². The predicted molar refractivity (Wildman–Crippen MR) is 104 cm³/mol. The molecule has 1 aliphatic rings. The molecule has 1 amide bonds. The van der Waals surface area contributed by atoms with E-state index in [-0.39, 0.29) is 5.91 Å². The van der Waals surface area contributed by atoms with Crippen LogP contribution in [0.3, 0.4) is 0 Å². The first-order chi connectivity index (χ1) is 12.6. The highest BCUT2D eigenvalue weighted by Gasteiger charge is 2.10. The number of aryl methyl sites for hydroxylation is 2. The van der Waals surface area contributed by atoms with Crippen molar-refractivity contribution >= 4 is 5.91 Å². The molecule has 0 radical (unpaired) electrons. The van der Waals surface area contributed by atoms with E-state index < -0.39 is 0 Å². The molecule has 1 saturated heterocycles. The third-order valence-corrected chi connectivity index (χ3v) is 4.87. The van der Waals surface area contributed by atoms with Gasteiger partial charge in [-0.25, -0.2) is 0 Å². The highest BCUT2D eigenvalue weighted by Crippen LogP contribution is 2.12. The van der Waals surface area contributed by atoms with Gasteiger partial charge in [0.05, 0.1) is 19.6 Å². The lowest BCUT2D eigenvalue weighted by molar-refractivity contribution is -0.120. The zero-order valence-corrected chi connectivity index (χ0v) is 15.8. The first kappa shape index (κ1) is 18.6. The molecule has 3 rings (SSSR count). The van der Waals surface area contributed by atoms with Crippen LogP contribution in [0.2, 0.25) is 0 Å². The van der Waals surface area contributed by atoms with Crippen LogP contribution < -0.4 is 5.32 Å². The molecule has 0 aliphatic carbocycles. The molecule has 1 aliphatic heterocycles. The fraction of sp³-hybridized carbons (Fsp3) is 0.409. The number of hydrogen-bond acceptors (Lipinski definition) is 3. The van der Waals surface area contributed by atoms with Crippen molar-refractivity contribution < 1.29 is 9.53 Å². The smallest absolute Gasteiger partial charge is 0.224 e. The molecule has 4 nitrogen and oxygen atoms in total. The molecular weight excluding hydrogens is 324 g/mol. The number of benzene rings is 2. The Balaban J connectivity index is 1.47. The lowest BCUT2D eigenvalue weighted by Gasteiger charge is -2.26. The van der Waals surface area contributed by atoms with Gasteiger partial charge in [0.1, 0.15) is 0 Å². The second kappa shape index (κ2) is 8.97. The van der Waals surface area contributed by atoms with Gasteiger partial charge in [-0.2, -0.15) is 0 Å². The normalized spacial score (nSPS) is 15.0. The molecule has 0 bridgehead atoms. The van der Waals surface area contributed by atoms with E-state index in [9.17, 15) is 4.79 Å². The van der Waals surface area contributed by atoms with Crippen LogP contribution >= 0.6 is 0 Å². The number of ether oxygens (including phenoxy) is 1. The van der Waals surface area contributed by atoms with Gasteiger partial charge < -0.3 is 10.1 Å². The number of amides is 1. The number of rotatable bonds is 6. The van der Waals surface area contributed by atoms with E-state index in [0.717, 1.165) is 44.0 Å². The third-order valence-electron chi connectivity index (χ3n) is 4.87. The first-order valence-corrected chi connectivity index (χ1v) is 9.31. The van der Waals surface area contributed by atoms with Gasteiger partial charge in [0.25, 0.3) is 0 Å². The van der Waals surface area contributed by atoms with E-state index in [4.69, 9.17) is 4.74 Å². The third kappa shape index (κ3) is 5.41. The summed E-state index contributed by atoms with van der Waals surface area (Å²) in [6, 6.07) is 14.7. The molecule has 0 atom stereocenters. The molecule has 1 heterocycles. The highest BCUT2D eigenvalue weighted by molar-refractivity contribution is 5.78. The molecule has 26 heavy (non-hydrogen) atoms. The van der Waals surface area contributed by atoms with E-state index in [0.29, 0.717) is 13.0 Å². The second-order valence-corrected chi connectivity index (χ2v) is 7.09. The molecule has 4 heteroatoms. The molecule has 1 N–H and O–H groups in total. The topological polar surface area (TPSA) is 41.6 Å². The molecular formula is C22H28N2O2. The number of carbonyl (C=O) groups is 1. The zero-order chi connectivity index (χ0) is 18.4. The van der Waals surface area contributed by atoms with Gasteiger partial charge in [-0.05, 0) is 36.1 Å². The van der Waals surface area contributed by atoms with Crippen LogP contribution in [0.4, 0.5) is 0 Å². The maximum atomic E-state index is 12.2. The molecule has 0 unspecified atom stereocenters. The molecule has 1 fully saturated rings. The Morgan fingerprint density at radius 3 is 2.42 bits per heavy atom. The summed E-state index contributed by atoms with van der Waals surface area (Å²) >= 11 is 0. The van der Waals surface area contributed by atoms with E-state index in [1.54, 1.807) is 0 Å². The van der Waals surface area contributed by atoms with Crippen LogP contribution in [0.15, 0.2) is 42.5 Å². The van der Waals surface area contributed by atoms with Crippen LogP contribution in [0.1, 0.15) is 27.8 Å². The van der Waals surface area contributed by atoms with Gasteiger partial charge in [0.15, 0.2) is 0 Å². The molecule has 0 saturated carbocycles. The summed E-state index contributed by atoms with van der Waals surface area (Å²) in [5.41, 5.74) is 5.92. The summed E-state index contributed by atoms with van der Waals surface area (Å²) in [6.07, 6.45) is 0.432. The summed E-state index contributed by atoms with van der Waals surface area (Å²) in [4.78, 5) is 14.6. The van der Waals surface area contributed by atoms with Gasteiger partial charge >= 0.3 is 0 Å². The Kier molecular flexibility index (Phi) is 6.42. The Labute approximate surface area is 156 Å².